The van der Waals surface area contributed by atoms with Crippen molar-refractivity contribution in [3.63, 3.8) is 0 Å². The van der Waals surface area contributed by atoms with Crippen molar-refractivity contribution >= 4 is 24.4 Å². The fourth-order valence-corrected chi connectivity index (χ4v) is 2.89. The molecule has 1 aliphatic rings. The minimum atomic E-state index is -1.87. The standard InChI is InChI=1S/C20H27NO10/c1-20(2,3)13(7-22)21-11-6-10(8-29-9-23)4-5-12(11)30-19-16(26)14(24)15(25)17(31-19)18(27)28/h4-7,9,13-17,19,21,24-26H,8H2,1-3H3,(H,27,28)/t13?,14-,15?,16-,17?,19?/m0/s1/i9D. The Balaban J connectivity index is 2.36. The van der Waals surface area contributed by atoms with Gasteiger partial charge in [0, 0.05) is 0 Å². The van der Waals surface area contributed by atoms with Crippen LogP contribution in [0, 0.1) is 5.41 Å². The van der Waals surface area contributed by atoms with E-state index in [0.717, 1.165) is 0 Å². The molecule has 0 aromatic heterocycles. The highest BCUT2D eigenvalue weighted by Gasteiger charge is 2.48. The highest BCUT2D eigenvalue weighted by atomic mass is 16.7. The molecule has 1 aromatic carbocycles. The monoisotopic (exact) mass is 442 g/mol. The maximum absolute atomic E-state index is 11.6. The van der Waals surface area contributed by atoms with Gasteiger partial charge in [0.2, 0.25) is 6.29 Å². The number of carboxylic acid groups (broad SMARTS) is 1. The van der Waals surface area contributed by atoms with Crippen molar-refractivity contribution in [1.82, 2.24) is 0 Å². The molecule has 4 unspecified atom stereocenters. The van der Waals surface area contributed by atoms with Gasteiger partial charge in [-0.25, -0.2) is 4.79 Å². The lowest BCUT2D eigenvalue weighted by atomic mass is 9.87. The summed E-state index contributed by atoms with van der Waals surface area (Å²) in [5.41, 5.74) is 0.153. The maximum Gasteiger partial charge on any atom is 0.335 e. The van der Waals surface area contributed by atoms with E-state index in [-0.39, 0.29) is 18.0 Å². The van der Waals surface area contributed by atoms with Crippen LogP contribution in [0.3, 0.4) is 0 Å². The van der Waals surface area contributed by atoms with E-state index in [1.165, 1.54) is 18.2 Å². The number of anilines is 1. The first-order valence-electron chi connectivity index (χ1n) is 9.92. The van der Waals surface area contributed by atoms with E-state index in [0.29, 0.717) is 11.8 Å². The lowest BCUT2D eigenvalue weighted by molar-refractivity contribution is -0.271. The van der Waals surface area contributed by atoms with Gasteiger partial charge < -0.3 is 44.7 Å². The first-order valence-corrected chi connectivity index (χ1v) is 9.42. The molecule has 0 spiro atoms. The smallest absolute Gasteiger partial charge is 0.335 e. The van der Waals surface area contributed by atoms with Gasteiger partial charge in [0.1, 0.15) is 37.0 Å². The fourth-order valence-electron chi connectivity index (χ4n) is 2.89. The minimum absolute atomic E-state index is 0.0267. The highest BCUT2D eigenvalue weighted by Crippen LogP contribution is 2.33. The normalized spacial score (nSPS) is 27.5. The summed E-state index contributed by atoms with van der Waals surface area (Å²) in [5, 5.41) is 42.2. The molecule has 2 rings (SSSR count). The average molecular weight is 442 g/mol. The van der Waals surface area contributed by atoms with Crippen LogP contribution < -0.4 is 10.1 Å². The first-order chi connectivity index (χ1) is 14.8. The van der Waals surface area contributed by atoms with Crippen LogP contribution in [0.25, 0.3) is 0 Å². The van der Waals surface area contributed by atoms with Crippen LogP contribution >= 0.6 is 0 Å². The molecule has 1 fully saturated rings. The molecule has 1 saturated heterocycles. The minimum Gasteiger partial charge on any atom is -0.479 e. The first kappa shape index (κ1) is 22.9. The number of nitrogens with one attached hydrogen (secondary N) is 1. The number of hydrogen-bond donors (Lipinski definition) is 5. The SMILES string of the molecule is [2H]C(=O)OCc1ccc(OC2OC(C(=O)O)C(O)[C@H](O)[C@@H]2O)c(NC(C=O)C(C)(C)C)c1. The number of carbonyl (C=O) groups excluding carboxylic acids is 2. The summed E-state index contributed by atoms with van der Waals surface area (Å²) >= 11 is 0. The van der Waals surface area contributed by atoms with Gasteiger partial charge in [-0.3, -0.25) is 4.79 Å². The fraction of sp³-hybridized carbons (Fsp3) is 0.550. The van der Waals surface area contributed by atoms with Gasteiger partial charge in [0.25, 0.3) is 6.45 Å². The quantitative estimate of drug-likeness (QED) is 0.333. The molecular weight excluding hydrogens is 414 g/mol. The van der Waals surface area contributed by atoms with Crippen LogP contribution in [-0.2, 0) is 30.5 Å². The summed E-state index contributed by atoms with van der Waals surface area (Å²) in [5.74, 6) is -1.53. The largest absolute Gasteiger partial charge is 0.479 e. The van der Waals surface area contributed by atoms with Crippen molar-refractivity contribution in [1.29, 1.82) is 0 Å². The summed E-state index contributed by atoms with van der Waals surface area (Å²) in [6, 6.07) is 3.65. The number of hydrogen-bond acceptors (Lipinski definition) is 10. The molecule has 1 heterocycles. The van der Waals surface area contributed by atoms with E-state index in [1.807, 2.05) is 20.8 Å². The second-order valence-corrected chi connectivity index (χ2v) is 8.18. The number of aliphatic carboxylic acids is 1. The van der Waals surface area contributed by atoms with Gasteiger partial charge in [-0.1, -0.05) is 26.8 Å². The summed E-state index contributed by atoms with van der Waals surface area (Å²) in [7, 11) is 0. The van der Waals surface area contributed by atoms with Gasteiger partial charge in [-0.2, -0.15) is 0 Å². The van der Waals surface area contributed by atoms with Gasteiger partial charge in [0.15, 0.2) is 7.47 Å². The van der Waals surface area contributed by atoms with Crippen molar-refractivity contribution in [2.45, 2.75) is 64.1 Å². The molecule has 0 amide bonds. The number of carboxylic acids is 1. The molecule has 172 valence electrons. The Bertz CT molecular complexity index is 842. The Morgan fingerprint density at radius 2 is 1.94 bits per heavy atom. The molecule has 11 nitrogen and oxygen atoms in total. The molecule has 0 saturated carbocycles. The average Bonchev–Trinajstić information content (AvgIpc) is 2.70. The van der Waals surface area contributed by atoms with E-state index in [9.17, 15) is 34.8 Å². The zero-order chi connectivity index (χ0) is 24.2. The Morgan fingerprint density at radius 1 is 1.26 bits per heavy atom. The molecule has 0 aliphatic carbocycles. The van der Waals surface area contributed by atoms with Crippen molar-refractivity contribution in [2.24, 2.45) is 5.41 Å². The second kappa shape index (κ2) is 10.1. The predicted octanol–water partition coefficient (Wildman–Crippen LogP) is -0.344. The molecule has 0 bridgehead atoms. The van der Waals surface area contributed by atoms with Crippen LogP contribution in [0.2, 0.25) is 0 Å². The molecule has 11 heteroatoms. The lowest BCUT2D eigenvalue weighted by Gasteiger charge is -2.38. The number of aldehydes is 1. The van der Waals surface area contributed by atoms with E-state index in [4.69, 9.17) is 10.8 Å². The Hall–Kier alpha value is -2.73. The van der Waals surface area contributed by atoms with E-state index in [1.54, 1.807) is 0 Å². The topological polar surface area (TPSA) is 172 Å². The molecule has 6 atom stereocenters. The van der Waals surface area contributed by atoms with Crippen LogP contribution in [-0.4, -0.2) is 75.9 Å². The van der Waals surface area contributed by atoms with Crippen LogP contribution in [0.5, 0.6) is 5.75 Å². The van der Waals surface area contributed by atoms with E-state index in [2.05, 4.69) is 10.1 Å². The molecular formula is C20H27NO10. The zero-order valence-corrected chi connectivity index (χ0v) is 17.2. The number of rotatable bonds is 8. The third kappa shape index (κ3) is 5.91. The van der Waals surface area contributed by atoms with Gasteiger partial charge in [-0.15, -0.1) is 0 Å². The molecule has 5 N–H and O–H groups in total. The van der Waals surface area contributed by atoms with Gasteiger partial charge in [0.05, 0.1) is 11.7 Å². The Morgan fingerprint density at radius 3 is 2.48 bits per heavy atom. The van der Waals surface area contributed by atoms with Gasteiger partial charge in [-0.05, 0) is 23.1 Å². The lowest BCUT2D eigenvalue weighted by Crippen LogP contribution is -2.61. The molecule has 1 aromatic rings. The van der Waals surface area contributed by atoms with E-state index >= 15 is 0 Å². The summed E-state index contributed by atoms with van der Waals surface area (Å²) in [4.78, 5) is 33.7. The number of ether oxygens (including phenoxy) is 3. The van der Waals surface area contributed by atoms with Crippen molar-refractivity contribution in [3.8, 4) is 5.75 Å². The predicted molar refractivity (Wildman–Crippen MR) is 105 cm³/mol. The third-order valence-electron chi connectivity index (χ3n) is 4.78. The third-order valence-corrected chi connectivity index (χ3v) is 4.78. The summed E-state index contributed by atoms with van der Waals surface area (Å²) < 4.78 is 22.2. The van der Waals surface area contributed by atoms with Crippen LogP contribution in [0.15, 0.2) is 18.2 Å². The number of benzene rings is 1. The Kier molecular flexibility index (Phi) is 7.44. The van der Waals surface area contributed by atoms with Crippen molar-refractivity contribution in [3.05, 3.63) is 23.8 Å². The summed E-state index contributed by atoms with van der Waals surface area (Å²) in [6.07, 6.45) is -9.54. The van der Waals surface area contributed by atoms with Crippen LogP contribution in [0.4, 0.5) is 5.69 Å². The van der Waals surface area contributed by atoms with Gasteiger partial charge >= 0.3 is 5.97 Å². The Labute approximate surface area is 179 Å². The maximum atomic E-state index is 11.6. The zero-order valence-electron chi connectivity index (χ0n) is 18.2. The number of carbonyl (C=O) groups is 3. The van der Waals surface area contributed by atoms with Crippen molar-refractivity contribution < 1.29 is 50.4 Å². The summed E-state index contributed by atoms with van der Waals surface area (Å²) in [6.45, 7) is 5.21. The second-order valence-electron chi connectivity index (χ2n) is 8.18. The molecule has 1 aliphatic heterocycles. The molecule has 31 heavy (non-hydrogen) atoms. The number of aliphatic hydroxyl groups excluding tert-OH is 3. The number of aliphatic hydroxyl groups is 3. The highest BCUT2D eigenvalue weighted by molar-refractivity contribution is 5.73. The van der Waals surface area contributed by atoms with Crippen LogP contribution in [0.1, 0.15) is 27.7 Å². The van der Waals surface area contributed by atoms with Crippen molar-refractivity contribution in [2.75, 3.05) is 5.32 Å². The van der Waals surface area contributed by atoms with E-state index < -0.39 is 54.6 Å². The molecule has 0 radical (unpaired) electrons.